The maximum absolute atomic E-state index is 5.49. The lowest BCUT2D eigenvalue weighted by molar-refractivity contribution is 1.19. The van der Waals surface area contributed by atoms with Crippen LogP contribution < -0.4 is 0 Å². The van der Waals surface area contributed by atoms with E-state index in [1.807, 2.05) is 12.1 Å². The van der Waals surface area contributed by atoms with Gasteiger partial charge in [0.2, 0.25) is 0 Å². The summed E-state index contributed by atoms with van der Waals surface area (Å²) in [4.78, 5) is 10.8. The van der Waals surface area contributed by atoms with E-state index in [-0.39, 0.29) is 0 Å². The summed E-state index contributed by atoms with van der Waals surface area (Å²) in [6, 6.07) is 63.2. The summed E-state index contributed by atoms with van der Waals surface area (Å²) in [5.41, 5.74) is 9.18. The summed E-state index contributed by atoms with van der Waals surface area (Å²) in [6.45, 7) is 0. The lowest BCUT2D eigenvalue weighted by atomic mass is 9.98. The molecule has 0 saturated carbocycles. The van der Waals surface area contributed by atoms with Crippen molar-refractivity contribution in [2.75, 3.05) is 0 Å². The minimum Gasteiger partial charge on any atom is -0.309 e. The summed E-state index contributed by atoms with van der Waals surface area (Å²) >= 11 is 0. The van der Waals surface area contributed by atoms with Gasteiger partial charge in [-0.25, -0.2) is 9.97 Å². The first-order valence-electron chi connectivity index (χ1n) is 17.4. The Kier molecular flexibility index (Phi) is 5.96. The molecule has 0 aliphatic rings. The van der Waals surface area contributed by atoms with Crippen LogP contribution in [0.5, 0.6) is 0 Å². The Morgan fingerprint density at radius 3 is 1.45 bits per heavy atom. The Morgan fingerprint density at radius 2 is 0.843 bits per heavy atom. The van der Waals surface area contributed by atoms with Gasteiger partial charge in [0.05, 0.1) is 33.5 Å². The van der Waals surface area contributed by atoms with Gasteiger partial charge in [0.1, 0.15) is 0 Å². The summed E-state index contributed by atoms with van der Waals surface area (Å²) in [5.74, 6) is 0. The van der Waals surface area contributed by atoms with E-state index in [2.05, 4.69) is 168 Å². The van der Waals surface area contributed by atoms with Crippen molar-refractivity contribution in [3.05, 3.63) is 176 Å². The molecule has 11 aromatic rings. The van der Waals surface area contributed by atoms with Crippen molar-refractivity contribution in [3.63, 3.8) is 0 Å². The molecular formula is C48H29N3. The molecule has 2 heterocycles. The van der Waals surface area contributed by atoms with E-state index in [1.54, 1.807) is 0 Å². The molecule has 11 rings (SSSR count). The van der Waals surface area contributed by atoms with Crippen LogP contribution in [-0.2, 0) is 0 Å². The highest BCUT2D eigenvalue weighted by Gasteiger charge is 2.18. The zero-order valence-electron chi connectivity index (χ0n) is 27.6. The number of nitrogens with zero attached hydrogens (tertiary/aromatic N) is 3. The molecule has 0 aliphatic carbocycles. The van der Waals surface area contributed by atoms with E-state index >= 15 is 0 Å². The average Bonchev–Trinajstić information content (AvgIpc) is 3.50. The predicted octanol–water partition coefficient (Wildman–Crippen LogP) is 12.7. The van der Waals surface area contributed by atoms with Crippen molar-refractivity contribution >= 4 is 75.9 Å². The zero-order chi connectivity index (χ0) is 33.5. The molecule has 3 nitrogen and oxygen atoms in total. The molecule has 0 bridgehead atoms. The molecule has 0 radical (unpaired) electrons. The van der Waals surface area contributed by atoms with Crippen molar-refractivity contribution < 1.29 is 0 Å². The van der Waals surface area contributed by atoms with Gasteiger partial charge >= 0.3 is 0 Å². The molecule has 0 N–H and O–H groups in total. The lowest BCUT2D eigenvalue weighted by Gasteiger charge is -2.14. The van der Waals surface area contributed by atoms with Crippen LogP contribution in [0.3, 0.4) is 0 Å². The second-order valence-electron chi connectivity index (χ2n) is 13.4. The summed E-state index contributed by atoms with van der Waals surface area (Å²) in [5, 5.41) is 12.1. The average molecular weight is 648 g/mol. The van der Waals surface area contributed by atoms with Gasteiger partial charge < -0.3 is 4.57 Å². The van der Waals surface area contributed by atoms with Gasteiger partial charge in [-0.05, 0) is 80.2 Å². The fourth-order valence-corrected chi connectivity index (χ4v) is 8.04. The second kappa shape index (κ2) is 10.8. The minimum absolute atomic E-state index is 0.883. The van der Waals surface area contributed by atoms with Crippen LogP contribution in [0.15, 0.2) is 176 Å². The zero-order valence-corrected chi connectivity index (χ0v) is 27.6. The van der Waals surface area contributed by atoms with Crippen LogP contribution >= 0.6 is 0 Å². The van der Waals surface area contributed by atoms with Crippen LogP contribution in [-0.4, -0.2) is 14.5 Å². The molecule has 0 amide bonds. The third-order valence-electron chi connectivity index (χ3n) is 10.5. The van der Waals surface area contributed by atoms with E-state index in [9.17, 15) is 0 Å². The molecule has 0 aliphatic heterocycles. The quantitative estimate of drug-likeness (QED) is 0.179. The minimum atomic E-state index is 0.883. The van der Waals surface area contributed by atoms with Gasteiger partial charge in [-0.1, -0.05) is 133 Å². The maximum Gasteiger partial charge on any atom is 0.0979 e. The molecule has 0 spiro atoms. The van der Waals surface area contributed by atoms with Crippen molar-refractivity contribution in [1.29, 1.82) is 0 Å². The molecular weight excluding hydrogens is 619 g/mol. The monoisotopic (exact) mass is 647 g/mol. The fourth-order valence-electron chi connectivity index (χ4n) is 8.04. The fraction of sp³-hybridized carbons (Fsp3) is 0. The van der Waals surface area contributed by atoms with Crippen LogP contribution in [0, 0.1) is 0 Å². The second-order valence-corrected chi connectivity index (χ2v) is 13.4. The Labute approximate surface area is 293 Å². The maximum atomic E-state index is 5.49. The van der Waals surface area contributed by atoms with E-state index < -0.39 is 0 Å². The number of benzene rings is 9. The predicted molar refractivity (Wildman–Crippen MR) is 215 cm³/mol. The van der Waals surface area contributed by atoms with Crippen LogP contribution in [0.25, 0.3) is 104 Å². The van der Waals surface area contributed by atoms with Crippen molar-refractivity contribution in [3.8, 4) is 28.2 Å². The third-order valence-corrected chi connectivity index (χ3v) is 10.5. The van der Waals surface area contributed by atoms with E-state index in [4.69, 9.17) is 9.97 Å². The molecule has 0 saturated heterocycles. The van der Waals surface area contributed by atoms with Crippen molar-refractivity contribution in [2.45, 2.75) is 0 Å². The Balaban J connectivity index is 1.24. The first-order chi connectivity index (χ1) is 25.3. The van der Waals surface area contributed by atoms with E-state index in [0.29, 0.717) is 0 Å². The highest BCUT2D eigenvalue weighted by molar-refractivity contribution is 6.20. The van der Waals surface area contributed by atoms with Gasteiger partial charge in [-0.15, -0.1) is 0 Å². The molecule has 51 heavy (non-hydrogen) atoms. The topological polar surface area (TPSA) is 30.7 Å². The number of rotatable bonds is 3. The van der Waals surface area contributed by atoms with Crippen LogP contribution in [0.1, 0.15) is 0 Å². The third kappa shape index (κ3) is 4.32. The SMILES string of the molecule is c1ccc(-c2nc3ccc4ccc5ccc(-n6c7cc8ccccc8cc7c7cc8ccccc8cc76)cc5c4c3nc2-c2ccccc2)cc1. The van der Waals surface area contributed by atoms with Crippen molar-refractivity contribution in [2.24, 2.45) is 0 Å². The van der Waals surface area contributed by atoms with E-state index in [0.717, 1.165) is 55.4 Å². The van der Waals surface area contributed by atoms with Crippen molar-refractivity contribution in [1.82, 2.24) is 14.5 Å². The Morgan fingerprint density at radius 1 is 0.353 bits per heavy atom. The number of hydrogen-bond acceptors (Lipinski definition) is 2. The largest absolute Gasteiger partial charge is 0.309 e. The molecule has 9 aromatic carbocycles. The van der Waals surface area contributed by atoms with E-state index in [1.165, 1.54) is 48.7 Å². The highest BCUT2D eigenvalue weighted by atomic mass is 15.0. The standard InChI is InChI=1S/C48H29N3/c1-3-11-32(12-4-1)46-47(33-13-5-2-6-14-33)50-48-42(49-46)24-22-31-20-19-30-21-23-38(29-39(30)45(31)48)51-43-27-36-17-9-7-15-34(36)25-40(43)41-26-35-16-8-10-18-37(35)28-44(41)51/h1-29H. The number of hydrogen-bond donors (Lipinski definition) is 0. The Bertz CT molecular complexity index is 3080. The highest BCUT2D eigenvalue weighted by Crippen LogP contribution is 2.40. The normalized spacial score (nSPS) is 11.9. The van der Waals surface area contributed by atoms with Gasteiger partial charge in [0, 0.05) is 33.0 Å². The summed E-state index contributed by atoms with van der Waals surface area (Å²) in [6.07, 6.45) is 0. The molecule has 3 heteroatoms. The number of aromatic nitrogens is 3. The first kappa shape index (κ1) is 28.0. The Hall–Kier alpha value is -6.84. The first-order valence-corrected chi connectivity index (χ1v) is 17.4. The van der Waals surface area contributed by atoms with Gasteiger partial charge in [0.15, 0.2) is 0 Å². The summed E-state index contributed by atoms with van der Waals surface area (Å²) < 4.78 is 2.45. The smallest absolute Gasteiger partial charge is 0.0979 e. The van der Waals surface area contributed by atoms with Crippen LogP contribution in [0.4, 0.5) is 0 Å². The number of fused-ring (bicyclic) bond motifs is 10. The van der Waals surface area contributed by atoms with Gasteiger partial charge in [0.25, 0.3) is 0 Å². The van der Waals surface area contributed by atoms with Crippen LogP contribution in [0.2, 0.25) is 0 Å². The van der Waals surface area contributed by atoms with Gasteiger partial charge in [-0.2, -0.15) is 0 Å². The molecule has 0 atom stereocenters. The molecule has 0 unspecified atom stereocenters. The lowest BCUT2D eigenvalue weighted by Crippen LogP contribution is -1.97. The van der Waals surface area contributed by atoms with Gasteiger partial charge in [-0.3, -0.25) is 0 Å². The molecule has 2 aromatic heterocycles. The molecule has 236 valence electrons. The summed E-state index contributed by atoms with van der Waals surface area (Å²) in [7, 11) is 0. The molecule has 0 fully saturated rings.